The number of benzene rings is 1. The van der Waals surface area contributed by atoms with E-state index in [0.717, 1.165) is 10.9 Å². The Morgan fingerprint density at radius 3 is 2.77 bits per heavy atom. The first kappa shape index (κ1) is 16.3. The van der Waals surface area contributed by atoms with E-state index >= 15 is 0 Å². The summed E-state index contributed by atoms with van der Waals surface area (Å²) >= 11 is 0. The summed E-state index contributed by atoms with van der Waals surface area (Å²) in [6.07, 6.45) is -2.27. The number of fused-ring (bicyclic) bond motifs is 2. The number of hydrogen-bond donors (Lipinski definition) is 2. The van der Waals surface area contributed by atoms with Crippen LogP contribution >= 0.6 is 0 Å². The monoisotopic (exact) mass is 364 g/mol. The van der Waals surface area contributed by atoms with Gasteiger partial charge in [-0.2, -0.15) is 17.7 Å². The van der Waals surface area contributed by atoms with Crippen LogP contribution in [0.2, 0.25) is 0 Å². The molecule has 0 aliphatic rings. The Balaban J connectivity index is 1.50. The second-order valence-electron chi connectivity index (χ2n) is 5.69. The zero-order chi connectivity index (χ0) is 18.3. The van der Waals surface area contributed by atoms with Gasteiger partial charge < -0.3 is 10.3 Å². The molecule has 0 atom stereocenters. The molecular weight excluding hydrogens is 352 g/mol. The van der Waals surface area contributed by atoms with Gasteiger partial charge >= 0.3 is 6.18 Å². The van der Waals surface area contributed by atoms with Gasteiger partial charge in [-0.05, 0) is 42.3 Å². The molecule has 1 aromatic carbocycles. The quantitative estimate of drug-likeness (QED) is 0.545. The number of hydrogen-bond acceptors (Lipinski definition) is 4. The van der Waals surface area contributed by atoms with Crippen molar-refractivity contribution in [2.75, 3.05) is 11.9 Å². The van der Waals surface area contributed by atoms with E-state index in [1.165, 1.54) is 24.3 Å². The molecule has 0 saturated carbocycles. The number of nitrogens with one attached hydrogen (secondary N) is 2. The fourth-order valence-electron chi connectivity index (χ4n) is 2.75. The van der Waals surface area contributed by atoms with Gasteiger partial charge in [0.1, 0.15) is 11.6 Å². The van der Waals surface area contributed by atoms with Gasteiger partial charge in [-0.15, -0.1) is 15.3 Å². The Kier molecular flexibility index (Phi) is 3.74. The highest BCUT2D eigenvalue weighted by atomic mass is 19.4. The first-order chi connectivity index (χ1) is 12.4. The lowest BCUT2D eigenvalue weighted by atomic mass is 10.1. The largest absolute Gasteiger partial charge is 0.453 e. The Hall–Kier alpha value is -3.17. The van der Waals surface area contributed by atoms with E-state index < -0.39 is 12.0 Å². The van der Waals surface area contributed by atoms with Crippen molar-refractivity contribution in [3.63, 3.8) is 0 Å². The van der Waals surface area contributed by atoms with Crippen LogP contribution in [0.25, 0.3) is 16.6 Å². The summed E-state index contributed by atoms with van der Waals surface area (Å²) in [5, 5.41) is 14.4. The molecule has 0 amide bonds. The third kappa shape index (κ3) is 2.93. The summed E-state index contributed by atoms with van der Waals surface area (Å²) in [5.74, 6) is -1.22. The average Bonchev–Trinajstić information content (AvgIpc) is 3.18. The molecule has 4 rings (SSSR count). The second kappa shape index (κ2) is 5.97. The number of halogens is 4. The molecule has 3 aromatic heterocycles. The molecule has 3 heterocycles. The van der Waals surface area contributed by atoms with Gasteiger partial charge in [0.15, 0.2) is 5.65 Å². The summed E-state index contributed by atoms with van der Waals surface area (Å²) in [6, 6.07) is 7.42. The lowest BCUT2D eigenvalue weighted by Gasteiger charge is -2.07. The molecule has 0 fully saturated rings. The van der Waals surface area contributed by atoms with Crippen molar-refractivity contribution >= 4 is 22.4 Å². The maximum Gasteiger partial charge on any atom is 0.453 e. The molecule has 0 radical (unpaired) electrons. The maximum atomic E-state index is 13.2. The maximum absolute atomic E-state index is 13.2. The van der Waals surface area contributed by atoms with Crippen molar-refractivity contribution in [1.29, 1.82) is 0 Å². The smallest absolute Gasteiger partial charge is 0.368 e. The van der Waals surface area contributed by atoms with Crippen LogP contribution in [0.1, 0.15) is 11.4 Å². The number of nitrogens with zero attached hydrogens (tertiary/aromatic N) is 4. The summed E-state index contributed by atoms with van der Waals surface area (Å²) in [5.41, 5.74) is 1.68. The fraction of sp³-hybridized carbons (Fsp3) is 0.188. The molecule has 0 bridgehead atoms. The van der Waals surface area contributed by atoms with Crippen molar-refractivity contribution in [3.05, 3.63) is 53.7 Å². The molecular formula is C16H12F4N6. The van der Waals surface area contributed by atoms with Crippen LogP contribution in [0.5, 0.6) is 0 Å². The second-order valence-corrected chi connectivity index (χ2v) is 5.69. The summed E-state index contributed by atoms with van der Waals surface area (Å²) < 4.78 is 52.5. The Morgan fingerprint density at radius 1 is 1.12 bits per heavy atom. The van der Waals surface area contributed by atoms with E-state index in [0.29, 0.717) is 23.0 Å². The summed E-state index contributed by atoms with van der Waals surface area (Å²) in [6.45, 7) is 0.437. The molecule has 0 unspecified atom stereocenters. The molecule has 6 nitrogen and oxygen atoms in total. The minimum absolute atomic E-state index is 0.0153. The van der Waals surface area contributed by atoms with Crippen LogP contribution in [0, 0.1) is 5.82 Å². The Morgan fingerprint density at radius 2 is 1.96 bits per heavy atom. The van der Waals surface area contributed by atoms with Crippen LogP contribution in [-0.2, 0) is 12.6 Å². The van der Waals surface area contributed by atoms with Crippen LogP contribution in [-0.4, -0.2) is 31.3 Å². The third-order valence-electron chi connectivity index (χ3n) is 3.95. The van der Waals surface area contributed by atoms with E-state index in [4.69, 9.17) is 0 Å². The predicted octanol–water partition coefficient (Wildman–Crippen LogP) is 3.42. The minimum atomic E-state index is -4.63. The normalized spacial score (nSPS) is 12.2. The van der Waals surface area contributed by atoms with E-state index in [9.17, 15) is 17.6 Å². The number of aromatic nitrogens is 5. The van der Waals surface area contributed by atoms with Gasteiger partial charge in [-0.25, -0.2) is 4.39 Å². The molecule has 2 N–H and O–H groups in total. The van der Waals surface area contributed by atoms with Gasteiger partial charge in [0.25, 0.3) is 5.82 Å². The lowest BCUT2D eigenvalue weighted by molar-refractivity contribution is -0.146. The third-order valence-corrected chi connectivity index (χ3v) is 3.95. The first-order valence-corrected chi connectivity index (χ1v) is 7.71. The minimum Gasteiger partial charge on any atom is -0.368 e. The Bertz CT molecular complexity index is 1080. The lowest BCUT2D eigenvalue weighted by Crippen LogP contribution is -2.14. The van der Waals surface area contributed by atoms with Crippen molar-refractivity contribution in [1.82, 2.24) is 24.8 Å². The highest BCUT2D eigenvalue weighted by Crippen LogP contribution is 2.27. The van der Waals surface area contributed by atoms with Crippen LogP contribution in [0.4, 0.5) is 23.4 Å². The number of alkyl halides is 3. The number of H-pyrrole nitrogens is 1. The standard InChI is InChI=1S/C16H12F4N6/c17-10-1-2-11-9(8-22-12(11)7-10)5-6-21-13-3-4-14-23-24-15(16(18,19)20)26(14)25-13/h1-4,7-8,22H,5-6H2,(H,21,25). The molecule has 0 spiro atoms. The van der Waals surface area contributed by atoms with Crippen LogP contribution < -0.4 is 5.32 Å². The molecule has 134 valence electrons. The van der Waals surface area contributed by atoms with E-state index in [1.807, 2.05) is 0 Å². The fourth-order valence-corrected chi connectivity index (χ4v) is 2.75. The highest BCUT2D eigenvalue weighted by molar-refractivity contribution is 5.83. The van der Waals surface area contributed by atoms with E-state index in [1.54, 1.807) is 12.3 Å². The van der Waals surface area contributed by atoms with E-state index in [2.05, 4.69) is 25.6 Å². The first-order valence-electron chi connectivity index (χ1n) is 7.71. The van der Waals surface area contributed by atoms with Crippen LogP contribution in [0.3, 0.4) is 0 Å². The number of rotatable bonds is 4. The number of anilines is 1. The zero-order valence-corrected chi connectivity index (χ0v) is 13.2. The van der Waals surface area contributed by atoms with E-state index in [-0.39, 0.29) is 17.3 Å². The molecule has 4 aromatic rings. The van der Waals surface area contributed by atoms with Crippen molar-refractivity contribution in [2.45, 2.75) is 12.6 Å². The molecule has 10 heteroatoms. The molecule has 0 aliphatic heterocycles. The summed E-state index contributed by atoms with van der Waals surface area (Å²) in [7, 11) is 0. The molecule has 26 heavy (non-hydrogen) atoms. The Labute approximate surface area is 143 Å². The zero-order valence-electron chi connectivity index (χ0n) is 13.2. The SMILES string of the molecule is Fc1ccc2c(CCNc3ccc4nnc(C(F)(F)F)n4n3)c[nH]c2c1. The van der Waals surface area contributed by atoms with Gasteiger partial charge in [-0.1, -0.05) is 0 Å². The van der Waals surface area contributed by atoms with Crippen molar-refractivity contribution in [2.24, 2.45) is 0 Å². The van der Waals surface area contributed by atoms with Gasteiger partial charge in [0, 0.05) is 23.6 Å². The number of aromatic amines is 1. The molecule has 0 saturated heterocycles. The predicted molar refractivity (Wildman–Crippen MR) is 86.2 cm³/mol. The molecule has 0 aliphatic carbocycles. The van der Waals surface area contributed by atoms with Crippen LogP contribution in [0.15, 0.2) is 36.5 Å². The summed E-state index contributed by atoms with van der Waals surface area (Å²) in [4.78, 5) is 2.99. The van der Waals surface area contributed by atoms with Gasteiger partial charge in [0.05, 0.1) is 0 Å². The highest BCUT2D eigenvalue weighted by Gasteiger charge is 2.37. The van der Waals surface area contributed by atoms with Gasteiger partial charge in [0.2, 0.25) is 0 Å². The van der Waals surface area contributed by atoms with Crippen molar-refractivity contribution in [3.8, 4) is 0 Å². The average molecular weight is 364 g/mol. The van der Waals surface area contributed by atoms with Crippen molar-refractivity contribution < 1.29 is 17.6 Å². The van der Waals surface area contributed by atoms with Gasteiger partial charge in [-0.3, -0.25) is 0 Å². The topological polar surface area (TPSA) is 70.9 Å².